The number of aromatic nitrogens is 3. The summed E-state index contributed by atoms with van der Waals surface area (Å²) in [7, 11) is 0. The Hall–Kier alpha value is -3.95. The van der Waals surface area contributed by atoms with Crippen LogP contribution in [0.25, 0.3) is 33.0 Å². The molecule has 0 bridgehead atoms. The van der Waals surface area contributed by atoms with Crippen LogP contribution in [-0.2, 0) is 26.8 Å². The Balaban J connectivity index is 1.70. The van der Waals surface area contributed by atoms with Crippen LogP contribution in [0.3, 0.4) is 0 Å². The third-order valence-corrected chi connectivity index (χ3v) is 6.03. The van der Waals surface area contributed by atoms with Gasteiger partial charge in [0, 0.05) is 40.5 Å². The molecular formula is C24H20ClN5O4. The van der Waals surface area contributed by atoms with Gasteiger partial charge in [0.2, 0.25) is 5.91 Å². The van der Waals surface area contributed by atoms with Crippen LogP contribution in [0, 0.1) is 0 Å². The zero-order valence-corrected chi connectivity index (χ0v) is 18.6. The van der Waals surface area contributed by atoms with E-state index in [0.29, 0.717) is 28.0 Å². The number of rotatable bonds is 7. The van der Waals surface area contributed by atoms with E-state index in [1.54, 1.807) is 30.5 Å². The van der Waals surface area contributed by atoms with Gasteiger partial charge in [-0.3, -0.25) is 24.4 Å². The van der Waals surface area contributed by atoms with Gasteiger partial charge in [-0.25, -0.2) is 0 Å². The number of carbonyl (C=O) groups is 3. The number of aliphatic hydroxyl groups excluding tert-OH is 1. The largest absolute Gasteiger partial charge is 0.395 e. The molecular weight excluding hydrogens is 458 g/mol. The Morgan fingerprint density at radius 3 is 2.68 bits per heavy atom. The Morgan fingerprint density at radius 1 is 1.09 bits per heavy atom. The summed E-state index contributed by atoms with van der Waals surface area (Å²) in [6.07, 6.45) is 1.69. The van der Waals surface area contributed by atoms with Crippen molar-refractivity contribution in [3.05, 3.63) is 65.5 Å². The number of benzene rings is 2. The minimum absolute atomic E-state index is 0.106. The third-order valence-electron chi connectivity index (χ3n) is 5.72. The zero-order chi connectivity index (χ0) is 23.8. The second kappa shape index (κ2) is 8.77. The Morgan fingerprint density at radius 2 is 1.88 bits per heavy atom. The molecule has 0 saturated heterocycles. The molecule has 1 aliphatic heterocycles. The molecule has 4 N–H and O–H groups in total. The van der Waals surface area contributed by atoms with Crippen LogP contribution in [0.15, 0.2) is 48.7 Å². The average Bonchev–Trinajstić information content (AvgIpc) is 3.50. The third kappa shape index (κ3) is 3.64. The summed E-state index contributed by atoms with van der Waals surface area (Å²) in [6, 6.07) is 12.8. The maximum atomic E-state index is 13.0. The summed E-state index contributed by atoms with van der Waals surface area (Å²) in [5, 5.41) is 19.9. The smallest absolute Gasteiger partial charge is 0.261 e. The molecule has 4 aromatic rings. The van der Waals surface area contributed by atoms with Crippen LogP contribution >= 0.6 is 11.6 Å². The number of aromatic amines is 1. The number of hydrogen-bond acceptors (Lipinski definition) is 5. The molecule has 0 saturated carbocycles. The molecule has 3 heterocycles. The molecule has 0 unspecified atom stereocenters. The van der Waals surface area contributed by atoms with E-state index in [1.165, 1.54) is 4.68 Å². The van der Waals surface area contributed by atoms with E-state index in [2.05, 4.69) is 20.7 Å². The van der Waals surface area contributed by atoms with Gasteiger partial charge in [-0.2, -0.15) is 5.10 Å². The lowest BCUT2D eigenvalue weighted by molar-refractivity contribution is -0.123. The maximum absolute atomic E-state index is 13.0. The van der Waals surface area contributed by atoms with E-state index in [0.717, 1.165) is 16.5 Å². The van der Waals surface area contributed by atoms with E-state index in [9.17, 15) is 14.4 Å². The van der Waals surface area contributed by atoms with Gasteiger partial charge in [0.1, 0.15) is 12.2 Å². The highest BCUT2D eigenvalue weighted by molar-refractivity contribution is 6.50. The lowest BCUT2D eigenvalue weighted by Crippen LogP contribution is -2.30. The Bertz CT molecular complexity index is 1500. The first-order chi connectivity index (χ1) is 16.5. The van der Waals surface area contributed by atoms with Crippen LogP contribution in [0.4, 0.5) is 0 Å². The van der Waals surface area contributed by atoms with Crippen molar-refractivity contribution in [2.75, 3.05) is 13.2 Å². The first kappa shape index (κ1) is 21.9. The molecule has 0 aliphatic carbocycles. The maximum Gasteiger partial charge on any atom is 0.261 e. The van der Waals surface area contributed by atoms with Crippen molar-refractivity contribution < 1.29 is 19.5 Å². The van der Waals surface area contributed by atoms with Crippen LogP contribution in [-0.4, -0.2) is 50.7 Å². The summed E-state index contributed by atoms with van der Waals surface area (Å²) in [5.41, 5.74) is 3.56. The van der Waals surface area contributed by atoms with Gasteiger partial charge in [-0.05, 0) is 23.8 Å². The molecule has 0 atom stereocenters. The fraction of sp³-hybridized carbons (Fsp3) is 0.167. The van der Waals surface area contributed by atoms with E-state index in [4.69, 9.17) is 16.7 Å². The monoisotopic (exact) mass is 477 g/mol. The second-order valence-corrected chi connectivity index (χ2v) is 8.11. The van der Waals surface area contributed by atoms with Gasteiger partial charge < -0.3 is 15.4 Å². The fourth-order valence-electron chi connectivity index (χ4n) is 4.22. The molecule has 172 valence electrons. The molecule has 0 fully saturated rings. The van der Waals surface area contributed by atoms with E-state index in [-0.39, 0.29) is 36.7 Å². The number of para-hydroxylation sites is 1. The summed E-state index contributed by atoms with van der Waals surface area (Å²) in [5.74, 6) is -1.09. The number of carbonyl (C=O) groups excluding carboxylic acids is 3. The Labute approximate surface area is 198 Å². The van der Waals surface area contributed by atoms with Crippen molar-refractivity contribution in [1.82, 2.24) is 25.4 Å². The summed E-state index contributed by atoms with van der Waals surface area (Å²) in [4.78, 5) is 41.4. The summed E-state index contributed by atoms with van der Waals surface area (Å²) < 4.78 is 1.49. The highest BCUT2D eigenvalue weighted by atomic mass is 35.5. The fourth-order valence-corrected chi connectivity index (χ4v) is 4.38. The number of aliphatic hydroxyl groups is 1. The van der Waals surface area contributed by atoms with Gasteiger partial charge in [0.05, 0.1) is 23.3 Å². The number of hydrogen-bond donors (Lipinski definition) is 4. The number of imide groups is 1. The van der Waals surface area contributed by atoms with Crippen molar-refractivity contribution in [2.45, 2.75) is 12.4 Å². The van der Waals surface area contributed by atoms with Crippen LogP contribution in [0.2, 0.25) is 0 Å². The number of alkyl halides is 1. The predicted octanol–water partition coefficient (Wildman–Crippen LogP) is 1.93. The van der Waals surface area contributed by atoms with Crippen molar-refractivity contribution >= 4 is 62.3 Å². The number of fused-ring (bicyclic) bond motifs is 2. The zero-order valence-electron chi connectivity index (χ0n) is 17.9. The number of halogens is 1. The van der Waals surface area contributed by atoms with E-state index < -0.39 is 11.8 Å². The molecule has 0 spiro atoms. The molecule has 0 radical (unpaired) electrons. The van der Waals surface area contributed by atoms with Gasteiger partial charge in [0.25, 0.3) is 11.8 Å². The van der Waals surface area contributed by atoms with E-state index in [1.807, 2.05) is 18.2 Å². The molecule has 10 heteroatoms. The highest BCUT2D eigenvalue weighted by Crippen LogP contribution is 2.37. The van der Waals surface area contributed by atoms with Crippen molar-refractivity contribution in [3.63, 3.8) is 0 Å². The van der Waals surface area contributed by atoms with Gasteiger partial charge in [-0.15, -0.1) is 11.6 Å². The number of nitrogens with one attached hydrogen (secondary N) is 3. The van der Waals surface area contributed by atoms with E-state index >= 15 is 0 Å². The molecule has 34 heavy (non-hydrogen) atoms. The quantitative estimate of drug-likeness (QED) is 0.239. The minimum Gasteiger partial charge on any atom is -0.395 e. The minimum atomic E-state index is -0.553. The van der Waals surface area contributed by atoms with Crippen molar-refractivity contribution in [1.29, 1.82) is 0 Å². The number of nitrogens with zero attached hydrogens (tertiary/aromatic N) is 2. The van der Waals surface area contributed by atoms with Crippen molar-refractivity contribution in [2.24, 2.45) is 0 Å². The second-order valence-electron chi connectivity index (χ2n) is 7.85. The lowest BCUT2D eigenvalue weighted by atomic mass is 9.97. The van der Waals surface area contributed by atoms with Crippen LogP contribution in [0.5, 0.6) is 0 Å². The molecule has 2 aromatic heterocycles. The van der Waals surface area contributed by atoms with Gasteiger partial charge in [0.15, 0.2) is 0 Å². The highest BCUT2D eigenvalue weighted by Gasteiger charge is 2.36. The van der Waals surface area contributed by atoms with Crippen molar-refractivity contribution in [3.8, 4) is 0 Å². The predicted molar refractivity (Wildman–Crippen MR) is 128 cm³/mol. The average molecular weight is 478 g/mol. The SMILES string of the molecule is O=C(Cn1nc(C2=C(c3c[nH]c4ccc(CCl)cc34)C(=O)NC2=O)c2ccccc21)NCCO. The Kier molecular flexibility index (Phi) is 5.64. The lowest BCUT2D eigenvalue weighted by Gasteiger charge is -2.04. The van der Waals surface area contributed by atoms with Gasteiger partial charge >= 0.3 is 0 Å². The summed E-state index contributed by atoms with van der Waals surface area (Å²) in [6.45, 7) is -0.155. The number of amides is 3. The molecule has 9 nitrogen and oxygen atoms in total. The summed E-state index contributed by atoms with van der Waals surface area (Å²) >= 11 is 6.01. The van der Waals surface area contributed by atoms with Crippen LogP contribution < -0.4 is 10.6 Å². The standard InChI is InChI=1S/C24H20ClN5O4/c25-10-13-5-6-17-15(9-13)16(11-27-17)20-21(24(34)28-23(20)33)22-14-3-1-2-4-18(14)30(29-22)12-19(32)26-7-8-31/h1-6,9,11,27,31H,7-8,10,12H2,(H,26,32)(H,28,33,34). The van der Waals surface area contributed by atoms with Crippen LogP contribution in [0.1, 0.15) is 16.8 Å². The topological polar surface area (TPSA) is 129 Å². The molecule has 5 rings (SSSR count). The first-order valence-electron chi connectivity index (χ1n) is 10.6. The van der Waals surface area contributed by atoms with Gasteiger partial charge in [-0.1, -0.05) is 24.3 Å². The molecule has 3 amide bonds. The first-order valence-corrected chi connectivity index (χ1v) is 11.1. The molecule has 2 aromatic carbocycles. The molecule has 1 aliphatic rings. The normalized spacial score (nSPS) is 13.8. The number of H-pyrrole nitrogens is 1.